The molecule has 6 heteroatoms. The second kappa shape index (κ2) is 9.74. The molecule has 164 valence electrons. The summed E-state index contributed by atoms with van der Waals surface area (Å²) in [7, 11) is 0. The fraction of sp³-hybridized carbons (Fsp3) is 0.0714. The van der Waals surface area contributed by atoms with Gasteiger partial charge in [-0.05, 0) is 30.7 Å². The molecule has 3 aromatic carbocycles. The van der Waals surface area contributed by atoms with Crippen molar-refractivity contribution in [1.29, 1.82) is 5.26 Å². The molecule has 0 bridgehead atoms. The maximum atomic E-state index is 10.1. The van der Waals surface area contributed by atoms with Crippen molar-refractivity contribution < 1.29 is 4.42 Å². The Hall–Kier alpha value is -4.21. The minimum absolute atomic E-state index is 0.410. The maximum Gasteiger partial charge on any atom is 0.247 e. The van der Waals surface area contributed by atoms with Gasteiger partial charge in [0.1, 0.15) is 11.1 Å². The largest absolute Gasteiger partial charge is 0.420 e. The van der Waals surface area contributed by atoms with Crippen molar-refractivity contribution in [3.05, 3.63) is 108 Å². The van der Waals surface area contributed by atoms with Gasteiger partial charge in [0.2, 0.25) is 11.8 Å². The van der Waals surface area contributed by atoms with Gasteiger partial charge >= 0.3 is 0 Å². The van der Waals surface area contributed by atoms with E-state index in [4.69, 9.17) is 9.40 Å². The molecule has 0 unspecified atom stereocenters. The van der Waals surface area contributed by atoms with Gasteiger partial charge in [-0.15, -0.1) is 10.2 Å². The number of nitrogens with zero attached hydrogens (tertiary/aromatic N) is 4. The summed E-state index contributed by atoms with van der Waals surface area (Å²) in [6.07, 6.45) is 0. The van der Waals surface area contributed by atoms with Crippen LogP contribution in [0.2, 0.25) is 0 Å². The average molecular weight is 461 g/mol. The number of nitriles is 1. The zero-order valence-electron chi connectivity index (χ0n) is 18.5. The molecular weight excluding hydrogens is 440 g/mol. The number of rotatable bonds is 6. The fourth-order valence-electron chi connectivity index (χ4n) is 3.59. The van der Waals surface area contributed by atoms with E-state index in [1.54, 1.807) is 0 Å². The summed E-state index contributed by atoms with van der Waals surface area (Å²) >= 11 is 1.42. The van der Waals surface area contributed by atoms with Crippen LogP contribution in [-0.4, -0.2) is 15.2 Å². The Bertz CT molecular complexity index is 1460. The molecule has 0 amide bonds. The number of benzene rings is 3. The summed E-state index contributed by atoms with van der Waals surface area (Å²) in [5.74, 6) is 1.37. The van der Waals surface area contributed by atoms with Crippen molar-refractivity contribution in [2.75, 3.05) is 0 Å². The molecule has 0 aliphatic heterocycles. The highest BCUT2D eigenvalue weighted by Gasteiger charge is 2.17. The molecule has 0 atom stereocenters. The predicted octanol–water partition coefficient (Wildman–Crippen LogP) is 6.94. The highest BCUT2D eigenvalue weighted by Crippen LogP contribution is 2.35. The summed E-state index contributed by atoms with van der Waals surface area (Å²) in [6, 6.07) is 32.2. The van der Waals surface area contributed by atoms with Crippen LogP contribution in [0.4, 0.5) is 0 Å². The van der Waals surface area contributed by atoms with E-state index in [0.717, 1.165) is 27.9 Å². The quantitative estimate of drug-likeness (QED) is 0.256. The topological polar surface area (TPSA) is 75.6 Å². The summed E-state index contributed by atoms with van der Waals surface area (Å²) in [6.45, 7) is 2.06. The van der Waals surface area contributed by atoms with Crippen LogP contribution in [0, 0.1) is 18.3 Å². The van der Waals surface area contributed by atoms with E-state index in [1.165, 1.54) is 17.3 Å². The lowest BCUT2D eigenvalue weighted by atomic mass is 9.99. The predicted molar refractivity (Wildman–Crippen MR) is 134 cm³/mol. The van der Waals surface area contributed by atoms with Crippen molar-refractivity contribution in [2.45, 2.75) is 17.7 Å². The smallest absolute Gasteiger partial charge is 0.247 e. The number of aromatic nitrogens is 3. The average Bonchev–Trinajstić information content (AvgIpc) is 3.37. The Morgan fingerprint density at radius 1 is 0.824 bits per heavy atom. The van der Waals surface area contributed by atoms with Crippen molar-refractivity contribution in [2.24, 2.45) is 0 Å². The Balaban J connectivity index is 1.52. The first kappa shape index (κ1) is 21.6. The van der Waals surface area contributed by atoms with Crippen molar-refractivity contribution in [3.8, 4) is 39.9 Å². The number of thioether (sulfide) groups is 1. The molecule has 5 nitrogen and oxygen atoms in total. The molecule has 2 heterocycles. The van der Waals surface area contributed by atoms with Gasteiger partial charge in [-0.2, -0.15) is 5.26 Å². The fourth-order valence-corrected chi connectivity index (χ4v) is 4.43. The third-order valence-corrected chi connectivity index (χ3v) is 6.31. The molecule has 2 aromatic heterocycles. The molecule has 0 saturated heterocycles. The van der Waals surface area contributed by atoms with Crippen LogP contribution in [-0.2, 0) is 5.75 Å². The molecule has 0 spiro atoms. The molecule has 34 heavy (non-hydrogen) atoms. The lowest BCUT2D eigenvalue weighted by molar-refractivity contribution is 0.528. The number of hydrogen-bond donors (Lipinski definition) is 0. The van der Waals surface area contributed by atoms with Gasteiger partial charge in [0, 0.05) is 16.7 Å². The zero-order chi connectivity index (χ0) is 23.3. The summed E-state index contributed by atoms with van der Waals surface area (Å²) in [4.78, 5) is 4.86. The first-order chi connectivity index (χ1) is 16.7. The van der Waals surface area contributed by atoms with Crippen LogP contribution in [0.25, 0.3) is 33.8 Å². The SMILES string of the molecule is Cc1ccc(-c2cc(-c3ccccc3)c(C#N)c(SCc3nnc(-c4ccccc4)o3)n2)cc1. The van der Waals surface area contributed by atoms with Gasteiger partial charge < -0.3 is 4.42 Å². The zero-order valence-corrected chi connectivity index (χ0v) is 19.3. The normalized spacial score (nSPS) is 10.7. The number of pyridine rings is 1. The Morgan fingerprint density at radius 2 is 1.50 bits per heavy atom. The van der Waals surface area contributed by atoms with E-state index in [2.05, 4.69) is 47.5 Å². The lowest BCUT2D eigenvalue weighted by Crippen LogP contribution is -1.96. The summed E-state index contributed by atoms with van der Waals surface area (Å²) in [5.41, 5.74) is 6.23. The monoisotopic (exact) mass is 460 g/mol. The second-order valence-electron chi connectivity index (χ2n) is 7.73. The van der Waals surface area contributed by atoms with Gasteiger partial charge in [0.25, 0.3) is 0 Å². The van der Waals surface area contributed by atoms with Gasteiger partial charge in [-0.25, -0.2) is 4.98 Å². The van der Waals surface area contributed by atoms with Crippen LogP contribution in [0.5, 0.6) is 0 Å². The van der Waals surface area contributed by atoms with Crippen LogP contribution in [0.15, 0.2) is 100 Å². The van der Waals surface area contributed by atoms with Crippen molar-refractivity contribution >= 4 is 11.8 Å². The highest BCUT2D eigenvalue weighted by atomic mass is 32.2. The Morgan fingerprint density at radius 3 is 2.18 bits per heavy atom. The number of aryl methyl sites for hydroxylation is 1. The Labute approximate surface area is 202 Å². The van der Waals surface area contributed by atoms with Gasteiger partial charge in [-0.3, -0.25) is 0 Å². The van der Waals surface area contributed by atoms with Gasteiger partial charge in [0.05, 0.1) is 17.0 Å². The Kier molecular flexibility index (Phi) is 6.19. The molecule has 5 aromatic rings. The molecule has 0 aliphatic carbocycles. The molecule has 0 saturated carbocycles. The standard InChI is InChI=1S/C28H20N4OS/c1-19-12-14-21(15-13-19)25-16-23(20-8-4-2-5-9-20)24(17-29)28(30-25)34-18-26-31-32-27(33-26)22-10-6-3-7-11-22/h2-16H,18H2,1H3. The minimum atomic E-state index is 0.410. The highest BCUT2D eigenvalue weighted by molar-refractivity contribution is 7.98. The van der Waals surface area contributed by atoms with Gasteiger partial charge in [0.15, 0.2) is 0 Å². The van der Waals surface area contributed by atoms with E-state index in [0.29, 0.717) is 28.1 Å². The minimum Gasteiger partial charge on any atom is -0.420 e. The van der Waals surface area contributed by atoms with E-state index in [-0.39, 0.29) is 0 Å². The molecule has 0 fully saturated rings. The van der Waals surface area contributed by atoms with Gasteiger partial charge in [-0.1, -0.05) is 90.1 Å². The maximum absolute atomic E-state index is 10.1. The van der Waals surface area contributed by atoms with Crippen molar-refractivity contribution in [1.82, 2.24) is 15.2 Å². The molecule has 0 N–H and O–H groups in total. The number of hydrogen-bond acceptors (Lipinski definition) is 6. The van der Waals surface area contributed by atoms with Crippen LogP contribution >= 0.6 is 11.8 Å². The first-order valence-corrected chi connectivity index (χ1v) is 11.8. The van der Waals surface area contributed by atoms with Crippen LogP contribution in [0.1, 0.15) is 17.0 Å². The van der Waals surface area contributed by atoms with E-state index < -0.39 is 0 Å². The van der Waals surface area contributed by atoms with Crippen LogP contribution < -0.4 is 0 Å². The summed E-state index contributed by atoms with van der Waals surface area (Å²) in [5, 5.41) is 19.0. The first-order valence-electron chi connectivity index (χ1n) is 10.8. The molecule has 5 rings (SSSR count). The van der Waals surface area contributed by atoms with E-state index in [9.17, 15) is 5.26 Å². The lowest BCUT2D eigenvalue weighted by Gasteiger charge is -2.12. The second-order valence-corrected chi connectivity index (χ2v) is 8.70. The summed E-state index contributed by atoms with van der Waals surface area (Å²) < 4.78 is 5.85. The molecule has 0 radical (unpaired) electrons. The third kappa shape index (κ3) is 4.61. The van der Waals surface area contributed by atoms with E-state index in [1.807, 2.05) is 66.7 Å². The van der Waals surface area contributed by atoms with E-state index >= 15 is 0 Å². The van der Waals surface area contributed by atoms with Crippen molar-refractivity contribution in [3.63, 3.8) is 0 Å². The third-order valence-electron chi connectivity index (χ3n) is 5.35. The molecule has 0 aliphatic rings. The molecular formula is C28H20N4OS. The van der Waals surface area contributed by atoms with Crippen LogP contribution in [0.3, 0.4) is 0 Å².